The molecule has 4 rings (SSSR count). The van der Waals surface area contributed by atoms with Crippen molar-refractivity contribution in [3.63, 3.8) is 0 Å². The second-order valence-corrected chi connectivity index (χ2v) is 8.29. The van der Waals surface area contributed by atoms with Gasteiger partial charge in [0.1, 0.15) is 5.82 Å². The molecule has 0 bridgehead atoms. The van der Waals surface area contributed by atoms with Crippen LogP contribution in [0.25, 0.3) is 10.9 Å². The third-order valence-corrected chi connectivity index (χ3v) is 6.04. The van der Waals surface area contributed by atoms with E-state index in [-0.39, 0.29) is 5.82 Å². The van der Waals surface area contributed by atoms with Crippen LogP contribution >= 0.6 is 0 Å². The van der Waals surface area contributed by atoms with Crippen LogP contribution in [0.3, 0.4) is 0 Å². The average Bonchev–Trinajstić information content (AvgIpc) is 3.14. The normalized spacial score (nSPS) is 15.1. The molecule has 5 heteroatoms. The zero-order valence-corrected chi connectivity index (χ0v) is 18.4. The van der Waals surface area contributed by atoms with Gasteiger partial charge in [-0.15, -0.1) is 0 Å². The molecule has 1 aromatic heterocycles. The van der Waals surface area contributed by atoms with Crippen molar-refractivity contribution < 1.29 is 4.39 Å². The topological polar surface area (TPSA) is 32.2 Å². The number of fused-ring (bicyclic) bond motifs is 1. The van der Waals surface area contributed by atoms with Gasteiger partial charge < -0.3 is 20.1 Å². The molecule has 162 valence electrons. The van der Waals surface area contributed by atoms with Crippen molar-refractivity contribution in [2.45, 2.75) is 38.9 Å². The number of rotatable bonds is 6. The Morgan fingerprint density at radius 2 is 1.84 bits per heavy atom. The number of nitrogens with one attached hydrogen (secondary N) is 2. The Morgan fingerprint density at radius 3 is 2.58 bits per heavy atom. The minimum Gasteiger partial charge on any atom is -0.374 e. The number of aryl methyl sites for hydroxylation is 1. The Labute approximate surface area is 184 Å². The van der Waals surface area contributed by atoms with Crippen LogP contribution < -0.4 is 10.6 Å². The van der Waals surface area contributed by atoms with Gasteiger partial charge in [0.15, 0.2) is 0 Å². The van der Waals surface area contributed by atoms with Crippen molar-refractivity contribution >= 4 is 16.6 Å². The Bertz CT molecular complexity index is 1070. The zero-order valence-electron chi connectivity index (χ0n) is 18.4. The highest BCUT2D eigenvalue weighted by molar-refractivity contribution is 5.83. The van der Waals surface area contributed by atoms with Crippen LogP contribution in [0.2, 0.25) is 0 Å². The van der Waals surface area contributed by atoms with Gasteiger partial charge in [-0.05, 0) is 93.9 Å². The van der Waals surface area contributed by atoms with Gasteiger partial charge in [-0.2, -0.15) is 0 Å². The Kier molecular flexibility index (Phi) is 6.91. The Hall–Kier alpha value is -2.81. The monoisotopic (exact) mass is 418 g/mol. The molecule has 0 aliphatic carbocycles. The van der Waals surface area contributed by atoms with E-state index < -0.39 is 0 Å². The van der Waals surface area contributed by atoms with E-state index >= 15 is 0 Å². The standard InChI is InChI=1S/C26H31FN4/c1-3-31-25(5-4-14-28-23-9-7-22(27)8-10-23)18-21-17-20(6-11-26(21)31)19-29-24-12-15-30(2)16-13-24/h6-11,17-18,24,28-29H,3,12-16,19H2,1-2H3. The molecule has 0 amide bonds. The largest absolute Gasteiger partial charge is 0.374 e. The average molecular weight is 419 g/mol. The van der Waals surface area contributed by atoms with E-state index in [2.05, 4.69) is 70.2 Å². The lowest BCUT2D eigenvalue weighted by atomic mass is 10.0. The molecule has 0 atom stereocenters. The summed E-state index contributed by atoms with van der Waals surface area (Å²) in [6.07, 6.45) is 2.44. The molecule has 1 saturated heterocycles. The lowest BCUT2D eigenvalue weighted by Crippen LogP contribution is -2.40. The molecule has 1 fully saturated rings. The maximum atomic E-state index is 13.0. The van der Waals surface area contributed by atoms with Gasteiger partial charge in [-0.25, -0.2) is 4.39 Å². The van der Waals surface area contributed by atoms with Crippen LogP contribution in [0.5, 0.6) is 0 Å². The fourth-order valence-electron chi connectivity index (χ4n) is 4.20. The van der Waals surface area contributed by atoms with Gasteiger partial charge in [0.25, 0.3) is 0 Å². The molecule has 4 nitrogen and oxygen atoms in total. The van der Waals surface area contributed by atoms with Crippen molar-refractivity contribution in [3.8, 4) is 11.8 Å². The number of nitrogens with zero attached hydrogens (tertiary/aromatic N) is 2. The van der Waals surface area contributed by atoms with Crippen molar-refractivity contribution in [3.05, 3.63) is 65.6 Å². The van der Waals surface area contributed by atoms with Gasteiger partial charge in [0, 0.05) is 35.7 Å². The highest BCUT2D eigenvalue weighted by Gasteiger charge is 2.16. The zero-order chi connectivity index (χ0) is 21.6. The van der Waals surface area contributed by atoms with Gasteiger partial charge in [0.2, 0.25) is 0 Å². The number of piperidine rings is 1. The van der Waals surface area contributed by atoms with E-state index in [4.69, 9.17) is 0 Å². The summed E-state index contributed by atoms with van der Waals surface area (Å²) in [4.78, 5) is 2.40. The summed E-state index contributed by atoms with van der Waals surface area (Å²) in [6.45, 7) is 6.80. The van der Waals surface area contributed by atoms with Gasteiger partial charge in [-0.3, -0.25) is 0 Å². The predicted molar refractivity (Wildman–Crippen MR) is 127 cm³/mol. The molecule has 0 unspecified atom stereocenters. The Balaban J connectivity index is 1.41. The number of benzene rings is 2. The first-order valence-electron chi connectivity index (χ1n) is 11.1. The SMILES string of the molecule is CCn1c(C#CCNc2ccc(F)cc2)cc2cc(CNC3CCN(C)CC3)ccc21. The maximum Gasteiger partial charge on any atom is 0.123 e. The fourth-order valence-corrected chi connectivity index (χ4v) is 4.20. The molecular formula is C26H31FN4. The Morgan fingerprint density at radius 1 is 1.06 bits per heavy atom. The van der Waals surface area contributed by atoms with E-state index in [9.17, 15) is 4.39 Å². The van der Waals surface area contributed by atoms with Crippen LogP contribution in [-0.4, -0.2) is 42.2 Å². The molecule has 0 spiro atoms. The first-order valence-corrected chi connectivity index (χ1v) is 11.1. The number of aromatic nitrogens is 1. The molecule has 2 aromatic carbocycles. The van der Waals surface area contributed by atoms with Crippen molar-refractivity contribution in [1.29, 1.82) is 0 Å². The van der Waals surface area contributed by atoms with Crippen LogP contribution in [0.1, 0.15) is 31.0 Å². The lowest BCUT2D eigenvalue weighted by molar-refractivity contribution is 0.234. The highest BCUT2D eigenvalue weighted by Crippen LogP contribution is 2.21. The third kappa shape index (κ3) is 5.46. The van der Waals surface area contributed by atoms with E-state index in [1.165, 1.54) is 54.5 Å². The lowest BCUT2D eigenvalue weighted by Gasteiger charge is -2.29. The van der Waals surface area contributed by atoms with Crippen molar-refractivity contribution in [2.75, 3.05) is 32.0 Å². The number of hydrogen-bond donors (Lipinski definition) is 2. The van der Waals surface area contributed by atoms with E-state index in [0.717, 1.165) is 24.5 Å². The maximum absolute atomic E-state index is 13.0. The fraction of sp³-hybridized carbons (Fsp3) is 0.385. The predicted octanol–water partition coefficient (Wildman–Crippen LogP) is 4.45. The summed E-state index contributed by atoms with van der Waals surface area (Å²) in [5.74, 6) is 6.26. The van der Waals surface area contributed by atoms with Crippen molar-refractivity contribution in [1.82, 2.24) is 14.8 Å². The molecular weight excluding hydrogens is 387 g/mol. The number of hydrogen-bond acceptors (Lipinski definition) is 3. The first kappa shape index (κ1) is 21.4. The molecule has 1 aliphatic heterocycles. The molecule has 3 aromatic rings. The van der Waals surface area contributed by atoms with Crippen LogP contribution in [0.15, 0.2) is 48.5 Å². The second kappa shape index (κ2) is 10.00. The number of halogens is 1. The summed E-state index contributed by atoms with van der Waals surface area (Å²) in [5.41, 5.74) is 4.44. The van der Waals surface area contributed by atoms with E-state index in [1.54, 1.807) is 12.1 Å². The smallest absolute Gasteiger partial charge is 0.123 e. The molecule has 1 aliphatic rings. The van der Waals surface area contributed by atoms with Crippen LogP contribution in [0.4, 0.5) is 10.1 Å². The van der Waals surface area contributed by atoms with Gasteiger partial charge >= 0.3 is 0 Å². The molecule has 31 heavy (non-hydrogen) atoms. The minimum atomic E-state index is -0.231. The van der Waals surface area contributed by atoms with Crippen LogP contribution in [-0.2, 0) is 13.1 Å². The van der Waals surface area contributed by atoms with Gasteiger partial charge in [-0.1, -0.05) is 12.0 Å². The third-order valence-electron chi connectivity index (χ3n) is 6.04. The minimum absolute atomic E-state index is 0.231. The molecule has 0 radical (unpaired) electrons. The molecule has 0 saturated carbocycles. The number of anilines is 1. The number of likely N-dealkylation sites (tertiary alicyclic amines) is 1. The summed E-state index contributed by atoms with van der Waals surface area (Å²) in [6, 6.07) is 15.9. The molecule has 2 heterocycles. The van der Waals surface area contributed by atoms with Crippen LogP contribution in [0, 0.1) is 17.7 Å². The second-order valence-electron chi connectivity index (χ2n) is 8.29. The van der Waals surface area contributed by atoms with Gasteiger partial charge in [0.05, 0.1) is 12.2 Å². The quantitative estimate of drug-likeness (QED) is 0.580. The summed E-state index contributed by atoms with van der Waals surface area (Å²) in [5, 5.41) is 8.17. The van der Waals surface area contributed by atoms with Crippen molar-refractivity contribution in [2.24, 2.45) is 0 Å². The summed E-state index contributed by atoms with van der Waals surface area (Å²) >= 11 is 0. The highest BCUT2D eigenvalue weighted by atomic mass is 19.1. The molecule has 2 N–H and O–H groups in total. The van der Waals surface area contributed by atoms with E-state index in [1.807, 2.05) is 0 Å². The van der Waals surface area contributed by atoms with E-state index in [0.29, 0.717) is 12.6 Å². The summed E-state index contributed by atoms with van der Waals surface area (Å²) in [7, 11) is 2.20. The summed E-state index contributed by atoms with van der Waals surface area (Å²) < 4.78 is 15.3. The first-order chi connectivity index (χ1) is 15.1.